The van der Waals surface area contributed by atoms with Crippen molar-refractivity contribution in [2.75, 3.05) is 5.75 Å². The van der Waals surface area contributed by atoms with Gasteiger partial charge in [0, 0.05) is 17.1 Å². The maximum atomic E-state index is 15.4. The van der Waals surface area contributed by atoms with E-state index in [0.29, 0.717) is 28.2 Å². The third kappa shape index (κ3) is 3.66. The van der Waals surface area contributed by atoms with E-state index >= 15 is 4.39 Å². The Bertz CT molecular complexity index is 1180. The zero-order valence-corrected chi connectivity index (χ0v) is 18.5. The van der Waals surface area contributed by atoms with Gasteiger partial charge in [-0.15, -0.1) is 11.8 Å². The number of nitrogens with zero attached hydrogens (tertiary/aromatic N) is 3. The van der Waals surface area contributed by atoms with E-state index in [1.54, 1.807) is 6.20 Å². The first-order valence-corrected chi connectivity index (χ1v) is 12.0. The molecule has 3 aliphatic rings. The van der Waals surface area contributed by atoms with Crippen molar-refractivity contribution in [3.8, 4) is 11.4 Å². The van der Waals surface area contributed by atoms with Crippen LogP contribution in [-0.4, -0.2) is 36.8 Å². The number of halogens is 2. The van der Waals surface area contributed by atoms with E-state index in [2.05, 4.69) is 19.9 Å². The molecule has 168 valence electrons. The molecule has 2 atom stereocenters. The van der Waals surface area contributed by atoms with Gasteiger partial charge in [0.2, 0.25) is 0 Å². The first-order valence-electron chi connectivity index (χ1n) is 11.0. The molecule has 0 spiro atoms. The molecule has 3 heterocycles. The number of hydrogen-bond acceptors (Lipinski definition) is 5. The number of pyridine rings is 1. The van der Waals surface area contributed by atoms with Crippen molar-refractivity contribution in [3.63, 3.8) is 0 Å². The number of carboxylic acid groups (broad SMARTS) is 1. The average Bonchev–Trinajstić information content (AvgIpc) is 3.20. The van der Waals surface area contributed by atoms with Gasteiger partial charge in [-0.05, 0) is 61.7 Å². The van der Waals surface area contributed by atoms with Crippen LogP contribution in [0.1, 0.15) is 38.3 Å². The summed E-state index contributed by atoms with van der Waals surface area (Å²) in [6.45, 7) is 1.91. The summed E-state index contributed by atoms with van der Waals surface area (Å²) in [5.74, 6) is -1.01. The first kappa shape index (κ1) is 21.3. The lowest BCUT2D eigenvalue weighted by molar-refractivity contribution is -0.152. The molecule has 0 saturated heterocycles. The van der Waals surface area contributed by atoms with Gasteiger partial charge in [-0.25, -0.2) is 23.7 Å². The van der Waals surface area contributed by atoms with Gasteiger partial charge < -0.3 is 10.1 Å². The van der Waals surface area contributed by atoms with Crippen molar-refractivity contribution >= 4 is 28.8 Å². The lowest BCUT2D eigenvalue weighted by Crippen LogP contribution is -2.45. The summed E-state index contributed by atoms with van der Waals surface area (Å²) < 4.78 is 29.2. The largest absolute Gasteiger partial charge is 0.481 e. The Morgan fingerprint density at radius 3 is 2.69 bits per heavy atom. The molecule has 0 amide bonds. The Balaban J connectivity index is 1.58. The smallest absolute Gasteiger partial charge is 0.307 e. The molecule has 3 aromatic rings. The third-order valence-corrected chi connectivity index (χ3v) is 7.85. The summed E-state index contributed by atoms with van der Waals surface area (Å²) in [6.07, 6.45) is 6.89. The summed E-state index contributed by atoms with van der Waals surface area (Å²) in [6, 6.07) is 1.35. The number of fused-ring (bicyclic) bond motifs is 4. The standard InChI is InChI=1S/C23H24F2N4O2S/c1-2-32-22-19(25)17(8-14-11-3-5-12(6-4-11)18(14)23(30)31)28-21(29-22)16-10-27-20-15(16)7-13(24)9-26-20/h7,9-12,14,18H,2-6,8H2,1H3,(H,26,27)(H,30,31). The van der Waals surface area contributed by atoms with Crippen LogP contribution in [0.15, 0.2) is 23.5 Å². The number of thioether (sulfide) groups is 1. The second-order valence-electron chi connectivity index (χ2n) is 8.70. The van der Waals surface area contributed by atoms with Gasteiger partial charge >= 0.3 is 5.97 Å². The molecule has 6 rings (SSSR count). The van der Waals surface area contributed by atoms with Gasteiger partial charge in [0.25, 0.3) is 0 Å². The van der Waals surface area contributed by atoms with E-state index in [-0.39, 0.29) is 34.9 Å². The van der Waals surface area contributed by atoms with Gasteiger partial charge in [-0.1, -0.05) is 6.92 Å². The third-order valence-electron chi connectivity index (χ3n) is 7.01. The maximum absolute atomic E-state index is 15.4. The van der Waals surface area contributed by atoms with Gasteiger partial charge in [0.15, 0.2) is 11.6 Å². The molecule has 2 bridgehead atoms. The number of H-pyrrole nitrogens is 1. The number of nitrogens with one attached hydrogen (secondary N) is 1. The van der Waals surface area contributed by atoms with Crippen molar-refractivity contribution in [3.05, 3.63) is 35.8 Å². The van der Waals surface area contributed by atoms with Crippen molar-refractivity contribution in [1.82, 2.24) is 19.9 Å². The number of rotatable bonds is 6. The Labute approximate surface area is 188 Å². The normalized spacial score (nSPS) is 24.8. The predicted octanol–water partition coefficient (Wildman–Crippen LogP) is 5.09. The molecule has 6 nitrogen and oxygen atoms in total. The lowest BCUT2D eigenvalue weighted by Gasteiger charge is -2.46. The summed E-state index contributed by atoms with van der Waals surface area (Å²) >= 11 is 1.28. The lowest BCUT2D eigenvalue weighted by atomic mass is 9.57. The van der Waals surface area contributed by atoms with E-state index in [0.717, 1.165) is 31.9 Å². The Hall–Kier alpha value is -2.55. The molecule has 3 aliphatic carbocycles. The van der Waals surface area contributed by atoms with Gasteiger partial charge in [-0.2, -0.15) is 0 Å². The minimum atomic E-state index is -0.791. The van der Waals surface area contributed by atoms with E-state index in [4.69, 9.17) is 0 Å². The maximum Gasteiger partial charge on any atom is 0.307 e. The van der Waals surface area contributed by atoms with Crippen LogP contribution in [0.2, 0.25) is 0 Å². The summed E-state index contributed by atoms with van der Waals surface area (Å²) in [5.41, 5.74) is 1.29. The molecule has 0 radical (unpaired) electrons. The first-order chi connectivity index (χ1) is 15.5. The van der Waals surface area contributed by atoms with Crippen LogP contribution >= 0.6 is 11.8 Å². The van der Waals surface area contributed by atoms with Crippen molar-refractivity contribution in [2.24, 2.45) is 23.7 Å². The second kappa shape index (κ2) is 8.42. The van der Waals surface area contributed by atoms with Crippen LogP contribution in [0.3, 0.4) is 0 Å². The van der Waals surface area contributed by atoms with Crippen LogP contribution in [0.25, 0.3) is 22.4 Å². The zero-order valence-electron chi connectivity index (χ0n) is 17.6. The minimum Gasteiger partial charge on any atom is -0.481 e. The SMILES string of the molecule is CCSc1nc(-c2c[nH]c3ncc(F)cc23)nc(CC2C3CCC(CC3)C2C(=O)O)c1F. The fourth-order valence-corrected chi connectivity index (χ4v) is 6.27. The molecule has 3 fully saturated rings. The summed E-state index contributed by atoms with van der Waals surface area (Å²) in [5, 5.41) is 10.6. The molecule has 32 heavy (non-hydrogen) atoms. The van der Waals surface area contributed by atoms with E-state index in [1.165, 1.54) is 17.8 Å². The molecule has 2 N–H and O–H groups in total. The highest BCUT2D eigenvalue weighted by Crippen LogP contribution is 2.50. The Kier molecular flexibility index (Phi) is 5.61. The monoisotopic (exact) mass is 458 g/mol. The van der Waals surface area contributed by atoms with Crippen LogP contribution in [0.4, 0.5) is 8.78 Å². The molecule has 2 unspecified atom stereocenters. The van der Waals surface area contributed by atoms with Crippen LogP contribution < -0.4 is 0 Å². The molecular weight excluding hydrogens is 434 g/mol. The van der Waals surface area contributed by atoms with Crippen molar-refractivity contribution < 1.29 is 18.7 Å². The van der Waals surface area contributed by atoms with Gasteiger partial charge in [0.05, 0.1) is 17.8 Å². The molecule has 3 saturated carbocycles. The zero-order chi connectivity index (χ0) is 22.4. The highest BCUT2D eigenvalue weighted by molar-refractivity contribution is 7.99. The molecule has 0 aromatic carbocycles. The van der Waals surface area contributed by atoms with Gasteiger partial charge in [-0.3, -0.25) is 4.79 Å². The molecule has 9 heteroatoms. The average molecular weight is 459 g/mol. The summed E-state index contributed by atoms with van der Waals surface area (Å²) in [7, 11) is 0. The van der Waals surface area contributed by atoms with Crippen LogP contribution in [-0.2, 0) is 11.2 Å². The molecular formula is C23H24F2N4O2S. The number of carbonyl (C=O) groups is 1. The Morgan fingerprint density at radius 1 is 1.22 bits per heavy atom. The summed E-state index contributed by atoms with van der Waals surface area (Å²) in [4.78, 5) is 28.1. The minimum absolute atomic E-state index is 0.140. The van der Waals surface area contributed by atoms with Crippen molar-refractivity contribution in [2.45, 2.75) is 44.1 Å². The topological polar surface area (TPSA) is 91.8 Å². The predicted molar refractivity (Wildman–Crippen MR) is 117 cm³/mol. The van der Waals surface area contributed by atoms with Crippen LogP contribution in [0.5, 0.6) is 0 Å². The quantitative estimate of drug-likeness (QED) is 0.395. The number of carboxylic acids is 1. The highest BCUT2D eigenvalue weighted by atomic mass is 32.2. The number of aromatic nitrogens is 4. The van der Waals surface area contributed by atoms with E-state index in [9.17, 15) is 14.3 Å². The van der Waals surface area contributed by atoms with E-state index < -0.39 is 23.5 Å². The number of aliphatic carboxylic acids is 1. The van der Waals surface area contributed by atoms with E-state index in [1.807, 2.05) is 6.92 Å². The fraction of sp³-hybridized carbons (Fsp3) is 0.478. The van der Waals surface area contributed by atoms with Crippen molar-refractivity contribution in [1.29, 1.82) is 0 Å². The number of hydrogen-bond donors (Lipinski definition) is 2. The molecule has 3 aromatic heterocycles. The molecule has 0 aliphatic heterocycles. The second-order valence-corrected chi connectivity index (χ2v) is 9.96. The highest BCUT2D eigenvalue weighted by Gasteiger charge is 2.47. The fourth-order valence-electron chi connectivity index (χ4n) is 5.60. The van der Waals surface area contributed by atoms with Crippen LogP contribution in [0, 0.1) is 35.3 Å². The number of aromatic amines is 1. The Morgan fingerprint density at radius 2 is 1.97 bits per heavy atom. The van der Waals surface area contributed by atoms with Gasteiger partial charge in [0.1, 0.15) is 16.5 Å².